The Morgan fingerprint density at radius 3 is 2.55 bits per heavy atom. The minimum atomic E-state index is -2.39. The molecule has 0 aliphatic rings. The maximum atomic E-state index is 10.8. The fourth-order valence-corrected chi connectivity index (χ4v) is 2.32. The lowest BCUT2D eigenvalue weighted by molar-refractivity contribution is 0.409. The molecule has 7 heteroatoms. The van der Waals surface area contributed by atoms with Gasteiger partial charge < -0.3 is 19.4 Å². The van der Waals surface area contributed by atoms with Crippen LogP contribution in [0.5, 0.6) is 17.2 Å². The molecule has 0 amide bonds. The SMILES string of the molecule is O=S([O-])c1ccc(Oc2ccc(-c3cnc[nH]3)cc2)c(O)c1. The molecule has 22 heavy (non-hydrogen) atoms. The minimum absolute atomic E-state index is 0.000516. The lowest BCUT2D eigenvalue weighted by Gasteiger charge is -2.10. The second-order valence-corrected chi connectivity index (χ2v) is 5.40. The number of ether oxygens (including phenoxy) is 1. The van der Waals surface area contributed by atoms with E-state index in [-0.39, 0.29) is 16.4 Å². The average Bonchev–Trinajstić information content (AvgIpc) is 3.04. The molecule has 0 bridgehead atoms. The fourth-order valence-electron chi connectivity index (χ4n) is 1.93. The number of phenolic OH excluding ortho intramolecular Hbond substituents is 1. The van der Waals surface area contributed by atoms with Gasteiger partial charge in [0.05, 0.1) is 18.2 Å². The number of phenols is 1. The van der Waals surface area contributed by atoms with Crippen molar-refractivity contribution in [2.75, 3.05) is 0 Å². The maximum Gasteiger partial charge on any atom is 0.169 e. The smallest absolute Gasteiger partial charge is 0.169 e. The number of nitrogens with zero attached hydrogens (tertiary/aromatic N) is 1. The van der Waals surface area contributed by atoms with Gasteiger partial charge in [-0.25, -0.2) is 4.98 Å². The molecule has 0 spiro atoms. The largest absolute Gasteiger partial charge is 0.768 e. The topological polar surface area (TPSA) is 98.3 Å². The lowest BCUT2D eigenvalue weighted by Crippen LogP contribution is -1.90. The van der Waals surface area contributed by atoms with E-state index in [4.69, 9.17) is 4.74 Å². The highest BCUT2D eigenvalue weighted by atomic mass is 32.2. The molecule has 6 nitrogen and oxygen atoms in total. The summed E-state index contributed by atoms with van der Waals surface area (Å²) in [5.74, 6) is 0.470. The van der Waals surface area contributed by atoms with Gasteiger partial charge in [0.2, 0.25) is 0 Å². The van der Waals surface area contributed by atoms with Crippen LogP contribution in [0.25, 0.3) is 11.3 Å². The number of rotatable bonds is 4. The van der Waals surface area contributed by atoms with E-state index in [1.807, 2.05) is 12.1 Å². The molecule has 0 saturated carbocycles. The van der Waals surface area contributed by atoms with E-state index in [1.165, 1.54) is 12.1 Å². The first-order valence-corrected chi connectivity index (χ1v) is 7.40. The standard InChI is InChI=1S/C15H12N2O4S/c18-14-7-12(22(19)20)5-6-15(14)21-11-3-1-10(2-4-11)13-8-16-9-17-13/h1-9,18H,(H,16,17)(H,19,20)/p-1. The molecule has 0 fully saturated rings. The normalized spacial score (nSPS) is 12.0. The summed E-state index contributed by atoms with van der Waals surface area (Å²) in [6, 6.07) is 11.1. The van der Waals surface area contributed by atoms with Crippen molar-refractivity contribution in [1.29, 1.82) is 0 Å². The van der Waals surface area contributed by atoms with Crippen LogP contribution in [0, 0.1) is 0 Å². The molecule has 1 atom stereocenters. The highest BCUT2D eigenvalue weighted by Crippen LogP contribution is 2.32. The number of benzene rings is 2. The van der Waals surface area contributed by atoms with Gasteiger partial charge in [-0.2, -0.15) is 0 Å². The molecule has 0 aliphatic heterocycles. The molecule has 112 valence electrons. The number of hydrogen-bond donors (Lipinski definition) is 2. The quantitative estimate of drug-likeness (QED) is 0.721. The molecular formula is C15H11N2O4S-. The third-order valence-electron chi connectivity index (χ3n) is 3.01. The van der Waals surface area contributed by atoms with Gasteiger partial charge in [-0.05, 0) is 59.1 Å². The zero-order valence-electron chi connectivity index (χ0n) is 11.2. The van der Waals surface area contributed by atoms with E-state index < -0.39 is 11.1 Å². The summed E-state index contributed by atoms with van der Waals surface area (Å²) in [4.78, 5) is 6.95. The number of aromatic hydroxyl groups is 1. The minimum Gasteiger partial charge on any atom is -0.768 e. The Labute approximate surface area is 128 Å². The number of nitrogens with one attached hydrogen (secondary N) is 1. The van der Waals surface area contributed by atoms with Crippen molar-refractivity contribution in [3.05, 3.63) is 55.0 Å². The van der Waals surface area contributed by atoms with Crippen LogP contribution in [0.1, 0.15) is 0 Å². The van der Waals surface area contributed by atoms with Crippen molar-refractivity contribution in [3.8, 4) is 28.5 Å². The highest BCUT2D eigenvalue weighted by Gasteiger charge is 2.06. The molecule has 2 N–H and O–H groups in total. The average molecular weight is 315 g/mol. The second-order valence-electron chi connectivity index (χ2n) is 4.46. The van der Waals surface area contributed by atoms with Crippen LogP contribution >= 0.6 is 0 Å². The number of H-pyrrole nitrogens is 1. The number of aromatic amines is 1. The second kappa shape index (κ2) is 6.00. The summed E-state index contributed by atoms with van der Waals surface area (Å²) in [6.07, 6.45) is 3.31. The summed E-state index contributed by atoms with van der Waals surface area (Å²) < 4.78 is 27.2. The van der Waals surface area contributed by atoms with Crippen LogP contribution in [0.3, 0.4) is 0 Å². The summed E-state index contributed by atoms with van der Waals surface area (Å²) in [7, 11) is 0. The molecule has 0 radical (unpaired) electrons. The van der Waals surface area contributed by atoms with Crippen LogP contribution in [0.15, 0.2) is 59.9 Å². The molecule has 2 aromatic carbocycles. The Bertz CT molecular complexity index is 801. The Morgan fingerprint density at radius 2 is 1.95 bits per heavy atom. The van der Waals surface area contributed by atoms with Crippen LogP contribution in [0.4, 0.5) is 0 Å². The zero-order chi connectivity index (χ0) is 15.5. The number of imidazole rings is 1. The first kappa shape index (κ1) is 14.3. The third-order valence-corrected chi connectivity index (χ3v) is 3.65. The Kier molecular flexibility index (Phi) is 3.90. The van der Waals surface area contributed by atoms with E-state index in [0.29, 0.717) is 5.75 Å². The van der Waals surface area contributed by atoms with Crippen molar-refractivity contribution in [2.45, 2.75) is 4.90 Å². The molecule has 1 unspecified atom stereocenters. The van der Waals surface area contributed by atoms with Crippen LogP contribution in [-0.2, 0) is 11.1 Å². The molecule has 1 heterocycles. The van der Waals surface area contributed by atoms with E-state index in [2.05, 4.69) is 9.97 Å². The monoisotopic (exact) mass is 315 g/mol. The van der Waals surface area contributed by atoms with Gasteiger partial charge >= 0.3 is 0 Å². The number of hydrogen-bond acceptors (Lipinski definition) is 5. The van der Waals surface area contributed by atoms with Gasteiger partial charge in [-0.3, -0.25) is 4.21 Å². The van der Waals surface area contributed by atoms with Crippen molar-refractivity contribution in [3.63, 3.8) is 0 Å². The van der Waals surface area contributed by atoms with Crippen LogP contribution in [0.2, 0.25) is 0 Å². The maximum absolute atomic E-state index is 10.8. The van der Waals surface area contributed by atoms with Gasteiger partial charge in [-0.15, -0.1) is 0 Å². The zero-order valence-corrected chi connectivity index (χ0v) is 12.0. The fraction of sp³-hybridized carbons (Fsp3) is 0. The molecular weight excluding hydrogens is 304 g/mol. The first-order chi connectivity index (χ1) is 10.6. The van der Waals surface area contributed by atoms with Gasteiger partial charge in [0.25, 0.3) is 0 Å². The van der Waals surface area contributed by atoms with Crippen molar-refractivity contribution < 1.29 is 18.6 Å². The van der Waals surface area contributed by atoms with E-state index in [1.54, 1.807) is 24.7 Å². The molecule has 0 saturated heterocycles. The Balaban J connectivity index is 1.80. The van der Waals surface area contributed by atoms with E-state index >= 15 is 0 Å². The predicted molar refractivity (Wildman–Crippen MR) is 79.4 cm³/mol. The van der Waals surface area contributed by atoms with Gasteiger partial charge in [-0.1, -0.05) is 0 Å². The molecule has 1 aromatic heterocycles. The van der Waals surface area contributed by atoms with Crippen molar-refractivity contribution in [1.82, 2.24) is 9.97 Å². The first-order valence-electron chi connectivity index (χ1n) is 6.32. The summed E-state index contributed by atoms with van der Waals surface area (Å²) in [5, 5.41) is 9.79. The van der Waals surface area contributed by atoms with Gasteiger partial charge in [0.1, 0.15) is 5.75 Å². The van der Waals surface area contributed by atoms with Gasteiger partial charge in [0.15, 0.2) is 11.5 Å². The summed E-state index contributed by atoms with van der Waals surface area (Å²) in [5.41, 5.74) is 1.84. The van der Waals surface area contributed by atoms with Gasteiger partial charge in [0, 0.05) is 4.90 Å². The van der Waals surface area contributed by atoms with Crippen molar-refractivity contribution >= 4 is 11.1 Å². The molecule has 3 rings (SSSR count). The predicted octanol–water partition coefficient (Wildman–Crippen LogP) is 2.81. The summed E-state index contributed by atoms with van der Waals surface area (Å²) in [6.45, 7) is 0. The van der Waals surface area contributed by atoms with Crippen LogP contribution < -0.4 is 4.74 Å². The van der Waals surface area contributed by atoms with Crippen LogP contribution in [-0.4, -0.2) is 23.8 Å². The van der Waals surface area contributed by atoms with E-state index in [9.17, 15) is 13.9 Å². The number of aromatic nitrogens is 2. The third kappa shape index (κ3) is 3.00. The molecule has 3 aromatic rings. The molecule has 0 aliphatic carbocycles. The Morgan fingerprint density at radius 1 is 1.18 bits per heavy atom. The van der Waals surface area contributed by atoms with Crippen molar-refractivity contribution in [2.24, 2.45) is 0 Å². The lowest BCUT2D eigenvalue weighted by atomic mass is 10.1. The summed E-state index contributed by atoms with van der Waals surface area (Å²) >= 11 is -2.39. The van der Waals surface area contributed by atoms with E-state index in [0.717, 1.165) is 17.3 Å². The Hall–Kier alpha value is -2.64. The highest BCUT2D eigenvalue weighted by molar-refractivity contribution is 7.79.